The second kappa shape index (κ2) is 4.35. The normalized spacial score (nSPS) is 16.2. The highest BCUT2D eigenvalue weighted by Gasteiger charge is 2.23. The third kappa shape index (κ3) is 2.05. The molecule has 84 valence electrons. The van der Waals surface area contributed by atoms with E-state index in [0.29, 0.717) is 0 Å². The Balaban J connectivity index is 2.29. The molecule has 1 aromatic carbocycles. The quantitative estimate of drug-likeness (QED) is 0.744. The third-order valence-corrected chi connectivity index (χ3v) is 2.66. The van der Waals surface area contributed by atoms with Gasteiger partial charge in [-0.15, -0.1) is 0 Å². The molecule has 1 aliphatic heterocycles. The topological polar surface area (TPSA) is 49.4 Å². The smallest absolute Gasteiger partial charge is 0.246 e. The van der Waals surface area contributed by atoms with Gasteiger partial charge in [0.05, 0.1) is 13.1 Å². The first-order valence-electron chi connectivity index (χ1n) is 5.36. The number of carbonyl (C=O) groups excluding carboxylic acids is 2. The summed E-state index contributed by atoms with van der Waals surface area (Å²) in [6.45, 7) is 2.57. The lowest BCUT2D eigenvalue weighted by molar-refractivity contribution is -0.130. The second-order valence-electron chi connectivity index (χ2n) is 3.81. The number of benzene rings is 1. The Labute approximate surface area is 94.2 Å². The molecular formula is C12H14N2O2. The van der Waals surface area contributed by atoms with Crippen molar-refractivity contribution in [3.05, 3.63) is 29.8 Å². The van der Waals surface area contributed by atoms with Gasteiger partial charge in [0.1, 0.15) is 0 Å². The van der Waals surface area contributed by atoms with Crippen molar-refractivity contribution in [1.29, 1.82) is 0 Å². The zero-order chi connectivity index (χ0) is 11.5. The largest absolute Gasteiger partial charge is 0.353 e. The predicted octanol–water partition coefficient (Wildman–Crippen LogP) is 0.712. The van der Waals surface area contributed by atoms with E-state index >= 15 is 0 Å². The van der Waals surface area contributed by atoms with Gasteiger partial charge in [0.15, 0.2) is 0 Å². The van der Waals surface area contributed by atoms with Crippen LogP contribution in [0.15, 0.2) is 24.3 Å². The summed E-state index contributed by atoms with van der Waals surface area (Å²) >= 11 is 0. The molecule has 1 heterocycles. The highest BCUT2D eigenvalue weighted by atomic mass is 16.2. The maximum absolute atomic E-state index is 11.3. The summed E-state index contributed by atoms with van der Waals surface area (Å²) in [5, 5.41) is 2.30. The Kier molecular flexibility index (Phi) is 2.90. The van der Waals surface area contributed by atoms with Crippen molar-refractivity contribution < 1.29 is 9.59 Å². The van der Waals surface area contributed by atoms with Gasteiger partial charge in [0, 0.05) is 5.69 Å². The van der Waals surface area contributed by atoms with Crippen LogP contribution in [0.4, 0.5) is 5.69 Å². The zero-order valence-electron chi connectivity index (χ0n) is 9.19. The van der Waals surface area contributed by atoms with E-state index in [1.54, 1.807) is 0 Å². The summed E-state index contributed by atoms with van der Waals surface area (Å²) in [6, 6.07) is 7.86. The third-order valence-electron chi connectivity index (χ3n) is 2.66. The van der Waals surface area contributed by atoms with E-state index < -0.39 is 0 Å². The number of hydrogen-bond acceptors (Lipinski definition) is 3. The van der Waals surface area contributed by atoms with Crippen LogP contribution in [0.5, 0.6) is 0 Å². The average molecular weight is 218 g/mol. The van der Waals surface area contributed by atoms with Crippen molar-refractivity contribution in [2.24, 2.45) is 0 Å². The fraction of sp³-hybridized carbons (Fsp3) is 0.333. The molecule has 1 fully saturated rings. The number of carbonyl (C=O) groups is 2. The van der Waals surface area contributed by atoms with Crippen LogP contribution < -0.4 is 10.2 Å². The lowest BCUT2D eigenvalue weighted by atomic mass is 10.1. The number of nitrogens with zero attached hydrogens (tertiary/aromatic N) is 1. The number of imide groups is 1. The van der Waals surface area contributed by atoms with E-state index in [-0.39, 0.29) is 24.9 Å². The molecule has 2 rings (SSSR count). The predicted molar refractivity (Wildman–Crippen MR) is 61.2 cm³/mol. The van der Waals surface area contributed by atoms with Crippen LogP contribution in [0.1, 0.15) is 12.5 Å². The molecule has 4 heteroatoms. The first kappa shape index (κ1) is 10.7. The van der Waals surface area contributed by atoms with Crippen LogP contribution in [-0.4, -0.2) is 24.9 Å². The summed E-state index contributed by atoms with van der Waals surface area (Å²) in [5.41, 5.74) is 2.14. The van der Waals surface area contributed by atoms with Gasteiger partial charge in [-0.3, -0.25) is 14.9 Å². The van der Waals surface area contributed by atoms with Crippen LogP contribution in [0, 0.1) is 0 Å². The van der Waals surface area contributed by atoms with Gasteiger partial charge >= 0.3 is 0 Å². The lowest BCUT2D eigenvalue weighted by Crippen LogP contribution is -2.51. The van der Waals surface area contributed by atoms with Crippen molar-refractivity contribution in [3.63, 3.8) is 0 Å². The number of hydrogen-bond donors (Lipinski definition) is 1. The van der Waals surface area contributed by atoms with Crippen molar-refractivity contribution in [2.75, 3.05) is 18.0 Å². The summed E-state index contributed by atoms with van der Waals surface area (Å²) in [7, 11) is 0. The standard InChI is InChI=1S/C12H14N2O2/c1-2-9-5-3-4-6-10(9)14-7-11(15)13-12(16)8-14/h3-6H,2,7-8H2,1H3,(H,13,15,16). The van der Waals surface area contributed by atoms with E-state index in [0.717, 1.165) is 17.7 Å². The number of rotatable bonds is 2. The Bertz CT molecular complexity index is 413. The van der Waals surface area contributed by atoms with Gasteiger partial charge in [0.25, 0.3) is 0 Å². The summed E-state index contributed by atoms with van der Waals surface area (Å²) < 4.78 is 0. The number of anilines is 1. The molecule has 0 bridgehead atoms. The molecule has 4 nitrogen and oxygen atoms in total. The summed E-state index contributed by atoms with van der Waals surface area (Å²) in [6.07, 6.45) is 0.891. The molecule has 0 saturated carbocycles. The highest BCUT2D eigenvalue weighted by molar-refractivity contribution is 6.02. The first-order valence-corrected chi connectivity index (χ1v) is 5.36. The molecule has 0 unspecified atom stereocenters. The van der Waals surface area contributed by atoms with Crippen molar-refractivity contribution in [3.8, 4) is 0 Å². The molecule has 1 N–H and O–H groups in total. The molecule has 0 atom stereocenters. The Morgan fingerprint density at radius 1 is 1.19 bits per heavy atom. The van der Waals surface area contributed by atoms with Gasteiger partial charge in [-0.2, -0.15) is 0 Å². The average Bonchev–Trinajstić information content (AvgIpc) is 2.27. The fourth-order valence-electron chi connectivity index (χ4n) is 1.93. The Hall–Kier alpha value is -1.84. The minimum atomic E-state index is -0.234. The number of nitrogens with one attached hydrogen (secondary N) is 1. The molecule has 1 aromatic rings. The van der Waals surface area contributed by atoms with E-state index in [1.807, 2.05) is 29.2 Å². The molecule has 0 radical (unpaired) electrons. The van der Waals surface area contributed by atoms with Crippen LogP contribution in [0.25, 0.3) is 0 Å². The molecular weight excluding hydrogens is 204 g/mol. The van der Waals surface area contributed by atoms with E-state index in [1.165, 1.54) is 0 Å². The molecule has 2 amide bonds. The maximum atomic E-state index is 11.3. The number of amides is 2. The van der Waals surface area contributed by atoms with Gasteiger partial charge in [-0.1, -0.05) is 25.1 Å². The monoisotopic (exact) mass is 218 g/mol. The number of para-hydroxylation sites is 1. The molecule has 0 aliphatic carbocycles. The Morgan fingerprint density at radius 3 is 2.44 bits per heavy atom. The number of aryl methyl sites for hydroxylation is 1. The lowest BCUT2D eigenvalue weighted by Gasteiger charge is -2.29. The van der Waals surface area contributed by atoms with Crippen LogP contribution in [-0.2, 0) is 16.0 Å². The maximum Gasteiger partial charge on any atom is 0.246 e. The van der Waals surface area contributed by atoms with Gasteiger partial charge < -0.3 is 4.90 Å². The van der Waals surface area contributed by atoms with Crippen LogP contribution in [0.2, 0.25) is 0 Å². The summed E-state index contributed by atoms with van der Waals surface area (Å²) in [4.78, 5) is 24.4. The van der Waals surface area contributed by atoms with Crippen molar-refractivity contribution >= 4 is 17.5 Å². The first-order chi connectivity index (χ1) is 7.70. The molecule has 1 aliphatic rings. The second-order valence-corrected chi connectivity index (χ2v) is 3.81. The SMILES string of the molecule is CCc1ccccc1N1CC(=O)NC(=O)C1. The highest BCUT2D eigenvalue weighted by Crippen LogP contribution is 2.21. The Morgan fingerprint density at radius 2 is 1.81 bits per heavy atom. The minimum absolute atomic E-state index is 0.234. The van der Waals surface area contributed by atoms with Crippen molar-refractivity contribution in [2.45, 2.75) is 13.3 Å². The van der Waals surface area contributed by atoms with Crippen LogP contribution >= 0.6 is 0 Å². The zero-order valence-corrected chi connectivity index (χ0v) is 9.19. The summed E-state index contributed by atoms with van der Waals surface area (Å²) in [5.74, 6) is -0.468. The number of piperazine rings is 1. The molecule has 1 saturated heterocycles. The van der Waals surface area contributed by atoms with Gasteiger partial charge in [-0.05, 0) is 18.1 Å². The van der Waals surface area contributed by atoms with Gasteiger partial charge in [-0.25, -0.2) is 0 Å². The minimum Gasteiger partial charge on any atom is -0.353 e. The van der Waals surface area contributed by atoms with Crippen molar-refractivity contribution in [1.82, 2.24) is 5.32 Å². The van der Waals surface area contributed by atoms with Gasteiger partial charge in [0.2, 0.25) is 11.8 Å². The van der Waals surface area contributed by atoms with E-state index in [9.17, 15) is 9.59 Å². The van der Waals surface area contributed by atoms with E-state index in [2.05, 4.69) is 12.2 Å². The molecule has 0 aromatic heterocycles. The van der Waals surface area contributed by atoms with E-state index in [4.69, 9.17) is 0 Å². The van der Waals surface area contributed by atoms with Crippen LogP contribution in [0.3, 0.4) is 0 Å². The fourth-order valence-corrected chi connectivity index (χ4v) is 1.93. The molecule has 16 heavy (non-hydrogen) atoms. The molecule has 0 spiro atoms.